The summed E-state index contributed by atoms with van der Waals surface area (Å²) in [5.74, 6) is 0.748. The van der Waals surface area contributed by atoms with Crippen LogP contribution in [0.3, 0.4) is 0 Å². The fraction of sp³-hybridized carbons (Fsp3) is 0.588. The number of fused-ring (bicyclic) bond motifs is 2. The second-order valence-electron chi connectivity index (χ2n) is 6.25. The van der Waals surface area contributed by atoms with Gasteiger partial charge >= 0.3 is 6.09 Å². The topological polar surface area (TPSA) is 50.4 Å². The van der Waals surface area contributed by atoms with E-state index in [1.165, 1.54) is 25.7 Å². The van der Waals surface area contributed by atoms with Crippen molar-refractivity contribution in [2.24, 2.45) is 5.92 Å². The maximum absolute atomic E-state index is 11.7. The van der Waals surface area contributed by atoms with Crippen molar-refractivity contribution in [3.8, 4) is 0 Å². The van der Waals surface area contributed by atoms with Crippen LogP contribution in [-0.2, 0) is 11.3 Å². The SMILES string of the molecule is O=C(NCCC1CC2CCC(C1)N2)OCc1ccccc1. The lowest BCUT2D eigenvalue weighted by Crippen LogP contribution is -2.39. The lowest BCUT2D eigenvalue weighted by molar-refractivity contribution is 0.138. The first-order chi connectivity index (χ1) is 10.3. The normalized spacial score (nSPS) is 27.3. The molecule has 2 saturated heterocycles. The maximum Gasteiger partial charge on any atom is 0.407 e. The van der Waals surface area contributed by atoms with Gasteiger partial charge in [-0.2, -0.15) is 0 Å². The zero-order chi connectivity index (χ0) is 14.5. The molecule has 114 valence electrons. The molecule has 2 heterocycles. The quantitative estimate of drug-likeness (QED) is 0.876. The van der Waals surface area contributed by atoms with Gasteiger partial charge in [0.2, 0.25) is 0 Å². The molecule has 21 heavy (non-hydrogen) atoms. The fourth-order valence-corrected chi connectivity index (χ4v) is 3.56. The Balaban J connectivity index is 1.31. The van der Waals surface area contributed by atoms with Gasteiger partial charge in [0.1, 0.15) is 6.61 Å². The van der Waals surface area contributed by atoms with E-state index in [4.69, 9.17) is 4.74 Å². The predicted octanol–water partition coefficient (Wildman–Crippen LogP) is 2.83. The van der Waals surface area contributed by atoms with Gasteiger partial charge < -0.3 is 15.4 Å². The molecule has 2 fully saturated rings. The van der Waals surface area contributed by atoms with Crippen molar-refractivity contribution in [3.63, 3.8) is 0 Å². The van der Waals surface area contributed by atoms with Crippen molar-refractivity contribution >= 4 is 6.09 Å². The summed E-state index contributed by atoms with van der Waals surface area (Å²) in [5, 5.41) is 6.51. The average Bonchev–Trinajstić information content (AvgIpc) is 2.85. The van der Waals surface area contributed by atoms with Gasteiger partial charge in [0.15, 0.2) is 0 Å². The fourth-order valence-electron chi connectivity index (χ4n) is 3.56. The van der Waals surface area contributed by atoms with Gasteiger partial charge in [0.25, 0.3) is 0 Å². The highest BCUT2D eigenvalue weighted by atomic mass is 16.5. The molecular formula is C17H24N2O2. The van der Waals surface area contributed by atoms with Crippen LogP contribution in [0.25, 0.3) is 0 Å². The molecule has 4 heteroatoms. The lowest BCUT2D eigenvalue weighted by Gasteiger charge is -2.29. The Bertz CT molecular complexity index is 451. The van der Waals surface area contributed by atoms with E-state index in [1.807, 2.05) is 30.3 Å². The van der Waals surface area contributed by atoms with Crippen LogP contribution in [-0.4, -0.2) is 24.7 Å². The number of piperidine rings is 1. The van der Waals surface area contributed by atoms with Gasteiger partial charge in [-0.3, -0.25) is 0 Å². The van der Waals surface area contributed by atoms with E-state index < -0.39 is 0 Å². The first-order valence-electron chi connectivity index (χ1n) is 8.00. The number of carbonyl (C=O) groups excluding carboxylic acids is 1. The molecule has 0 saturated carbocycles. The molecule has 0 aromatic heterocycles. The van der Waals surface area contributed by atoms with Crippen LogP contribution < -0.4 is 10.6 Å². The molecular weight excluding hydrogens is 264 g/mol. The second-order valence-corrected chi connectivity index (χ2v) is 6.25. The Labute approximate surface area is 126 Å². The minimum atomic E-state index is -0.309. The lowest BCUT2D eigenvalue weighted by atomic mass is 9.90. The number of carbonyl (C=O) groups is 1. The number of hydrogen-bond donors (Lipinski definition) is 2. The number of ether oxygens (including phenoxy) is 1. The summed E-state index contributed by atoms with van der Waals surface area (Å²) in [5.41, 5.74) is 1.02. The molecule has 0 spiro atoms. The molecule has 0 aliphatic carbocycles. The van der Waals surface area contributed by atoms with E-state index in [-0.39, 0.29) is 6.09 Å². The number of benzene rings is 1. The zero-order valence-corrected chi connectivity index (χ0v) is 12.4. The van der Waals surface area contributed by atoms with Crippen molar-refractivity contribution in [3.05, 3.63) is 35.9 Å². The van der Waals surface area contributed by atoms with E-state index in [9.17, 15) is 4.79 Å². The molecule has 4 nitrogen and oxygen atoms in total. The third kappa shape index (κ3) is 4.21. The molecule has 0 radical (unpaired) electrons. The molecule has 2 aliphatic rings. The Morgan fingerprint density at radius 1 is 1.19 bits per heavy atom. The molecule has 1 aromatic rings. The van der Waals surface area contributed by atoms with Crippen LogP contribution in [0.15, 0.2) is 30.3 Å². The van der Waals surface area contributed by atoms with Gasteiger partial charge in [-0.15, -0.1) is 0 Å². The summed E-state index contributed by atoms with van der Waals surface area (Å²) in [6.45, 7) is 1.06. The maximum atomic E-state index is 11.7. The Morgan fingerprint density at radius 2 is 1.90 bits per heavy atom. The zero-order valence-electron chi connectivity index (χ0n) is 12.4. The van der Waals surface area contributed by atoms with E-state index in [1.54, 1.807) is 0 Å². The van der Waals surface area contributed by atoms with Crippen molar-refractivity contribution in [2.45, 2.75) is 50.8 Å². The van der Waals surface area contributed by atoms with Crippen molar-refractivity contribution in [1.82, 2.24) is 10.6 Å². The molecule has 1 aromatic carbocycles. The molecule has 2 unspecified atom stereocenters. The number of hydrogen-bond acceptors (Lipinski definition) is 3. The van der Waals surface area contributed by atoms with E-state index in [2.05, 4.69) is 10.6 Å². The minimum absolute atomic E-state index is 0.309. The summed E-state index contributed by atoms with van der Waals surface area (Å²) in [4.78, 5) is 11.7. The standard InChI is InChI=1S/C17H24N2O2/c20-17(21-12-13-4-2-1-3-5-13)18-9-8-14-10-15-6-7-16(11-14)19-15/h1-5,14-16,19H,6-12H2,(H,18,20). The van der Waals surface area contributed by atoms with Crippen molar-refractivity contribution in [2.75, 3.05) is 6.54 Å². The molecule has 2 aliphatic heterocycles. The van der Waals surface area contributed by atoms with Gasteiger partial charge in [-0.05, 0) is 43.6 Å². The number of alkyl carbamates (subject to hydrolysis) is 1. The van der Waals surface area contributed by atoms with Gasteiger partial charge in [-0.25, -0.2) is 4.79 Å². The Kier molecular flexibility index (Phi) is 4.76. The van der Waals surface area contributed by atoms with Crippen LogP contribution in [0.5, 0.6) is 0 Å². The summed E-state index contributed by atoms with van der Waals surface area (Å²) in [6.07, 6.45) is 5.93. The van der Waals surface area contributed by atoms with Crippen LogP contribution in [0.2, 0.25) is 0 Å². The second kappa shape index (κ2) is 6.94. The van der Waals surface area contributed by atoms with E-state index in [0.29, 0.717) is 6.61 Å². The smallest absolute Gasteiger partial charge is 0.407 e. The van der Waals surface area contributed by atoms with Gasteiger partial charge in [0, 0.05) is 18.6 Å². The van der Waals surface area contributed by atoms with Crippen molar-refractivity contribution < 1.29 is 9.53 Å². The summed E-state index contributed by atoms with van der Waals surface area (Å²) < 4.78 is 5.21. The van der Waals surface area contributed by atoms with E-state index in [0.717, 1.165) is 36.5 Å². The predicted molar refractivity (Wildman–Crippen MR) is 81.9 cm³/mol. The number of amides is 1. The monoisotopic (exact) mass is 288 g/mol. The number of rotatable bonds is 5. The highest BCUT2D eigenvalue weighted by molar-refractivity contribution is 5.67. The van der Waals surface area contributed by atoms with Gasteiger partial charge in [0.05, 0.1) is 0 Å². The Hall–Kier alpha value is -1.55. The summed E-state index contributed by atoms with van der Waals surface area (Å²) in [6, 6.07) is 11.2. The first kappa shape index (κ1) is 14.4. The van der Waals surface area contributed by atoms with Crippen LogP contribution in [0.4, 0.5) is 4.79 Å². The molecule has 2 N–H and O–H groups in total. The minimum Gasteiger partial charge on any atom is -0.445 e. The third-order valence-corrected chi connectivity index (χ3v) is 4.61. The third-order valence-electron chi connectivity index (χ3n) is 4.61. The highest BCUT2D eigenvalue weighted by Crippen LogP contribution is 2.32. The van der Waals surface area contributed by atoms with Crippen LogP contribution in [0, 0.1) is 5.92 Å². The largest absolute Gasteiger partial charge is 0.445 e. The Morgan fingerprint density at radius 3 is 2.62 bits per heavy atom. The summed E-state index contributed by atoms with van der Waals surface area (Å²) in [7, 11) is 0. The average molecular weight is 288 g/mol. The van der Waals surface area contributed by atoms with Crippen LogP contribution >= 0.6 is 0 Å². The summed E-state index contributed by atoms with van der Waals surface area (Å²) >= 11 is 0. The molecule has 1 amide bonds. The van der Waals surface area contributed by atoms with Gasteiger partial charge in [-0.1, -0.05) is 30.3 Å². The molecule has 3 rings (SSSR count). The van der Waals surface area contributed by atoms with Crippen LogP contribution in [0.1, 0.15) is 37.7 Å². The highest BCUT2D eigenvalue weighted by Gasteiger charge is 2.32. The molecule has 2 atom stereocenters. The molecule has 2 bridgehead atoms. The van der Waals surface area contributed by atoms with Crippen molar-refractivity contribution in [1.29, 1.82) is 0 Å². The van der Waals surface area contributed by atoms with E-state index >= 15 is 0 Å². The first-order valence-corrected chi connectivity index (χ1v) is 8.00. The number of nitrogens with one attached hydrogen (secondary N) is 2.